The van der Waals surface area contributed by atoms with Crippen LogP contribution in [-0.4, -0.2) is 40.0 Å². The van der Waals surface area contributed by atoms with Crippen molar-refractivity contribution in [1.29, 1.82) is 0 Å². The predicted octanol–water partition coefficient (Wildman–Crippen LogP) is 1.79. The van der Waals surface area contributed by atoms with Gasteiger partial charge in [-0.3, -0.25) is 9.59 Å². The molecule has 2 heterocycles. The number of likely N-dealkylation sites (tertiary alicyclic amines) is 1. The molecule has 0 bridgehead atoms. The van der Waals surface area contributed by atoms with Crippen LogP contribution >= 0.6 is 11.3 Å². The van der Waals surface area contributed by atoms with Crippen molar-refractivity contribution < 1.29 is 14.7 Å². The highest BCUT2D eigenvalue weighted by atomic mass is 32.1. The summed E-state index contributed by atoms with van der Waals surface area (Å²) in [5, 5.41) is 11.8. The molecule has 1 aliphatic rings. The number of rotatable bonds is 3. The van der Waals surface area contributed by atoms with Crippen molar-refractivity contribution in [3.05, 3.63) is 22.2 Å². The zero-order chi connectivity index (χ0) is 13.8. The predicted molar refractivity (Wildman–Crippen MR) is 72.8 cm³/mol. The highest BCUT2D eigenvalue weighted by Crippen LogP contribution is 2.17. The average molecular weight is 280 g/mol. The van der Waals surface area contributed by atoms with Gasteiger partial charge in [0, 0.05) is 24.5 Å². The van der Waals surface area contributed by atoms with Gasteiger partial charge in [0.25, 0.3) is 0 Å². The summed E-state index contributed by atoms with van der Waals surface area (Å²) in [6.45, 7) is 2.94. The molecule has 6 heteroatoms. The third kappa shape index (κ3) is 3.64. The number of aromatic nitrogens is 1. The van der Waals surface area contributed by atoms with Gasteiger partial charge in [0.15, 0.2) is 0 Å². The maximum Gasteiger partial charge on any atom is 0.306 e. The molecule has 5 nitrogen and oxygen atoms in total. The highest BCUT2D eigenvalue weighted by Gasteiger charge is 2.25. The van der Waals surface area contributed by atoms with Gasteiger partial charge in [0.2, 0.25) is 5.91 Å². The van der Waals surface area contributed by atoms with Crippen molar-refractivity contribution in [3.63, 3.8) is 0 Å². The van der Waals surface area contributed by atoms with E-state index in [0.29, 0.717) is 25.9 Å². The summed E-state index contributed by atoms with van der Waals surface area (Å²) in [4.78, 5) is 28.7. The molecule has 0 aromatic carbocycles. The van der Waals surface area contributed by atoms with Crippen molar-refractivity contribution in [2.24, 2.45) is 5.92 Å². The Kier molecular flexibility index (Phi) is 4.31. The summed E-state index contributed by atoms with van der Waals surface area (Å²) < 4.78 is 0. The zero-order valence-corrected chi connectivity index (χ0v) is 11.5. The second-order valence-corrected chi connectivity index (χ2v) is 5.62. The van der Waals surface area contributed by atoms with Crippen LogP contribution in [0.4, 0.5) is 0 Å². The number of carbonyl (C=O) groups excluding carboxylic acids is 1. The molecule has 1 fully saturated rings. The van der Waals surface area contributed by atoms with E-state index in [1.165, 1.54) is 6.08 Å². The van der Waals surface area contributed by atoms with Gasteiger partial charge in [0.1, 0.15) is 0 Å². The van der Waals surface area contributed by atoms with Crippen LogP contribution in [0.1, 0.15) is 23.5 Å². The standard InChI is InChI=1S/C13H16N2O3S/c1-9-14-11(8-19-9)2-3-12(16)15-6-4-10(5-7-15)13(17)18/h2-3,8,10H,4-7H2,1H3,(H,17,18)/b3-2+. The molecule has 0 unspecified atom stereocenters. The van der Waals surface area contributed by atoms with Gasteiger partial charge in [-0.2, -0.15) is 0 Å². The first-order valence-electron chi connectivity index (χ1n) is 6.18. The number of thiazole rings is 1. The number of amides is 1. The molecule has 0 spiro atoms. The Morgan fingerprint density at radius 1 is 1.47 bits per heavy atom. The van der Waals surface area contributed by atoms with E-state index < -0.39 is 5.97 Å². The topological polar surface area (TPSA) is 70.5 Å². The van der Waals surface area contributed by atoms with Crippen LogP contribution in [0.3, 0.4) is 0 Å². The lowest BCUT2D eigenvalue weighted by Crippen LogP contribution is -2.39. The molecule has 1 aromatic heterocycles. The van der Waals surface area contributed by atoms with Crippen molar-refractivity contribution >= 4 is 29.3 Å². The lowest BCUT2D eigenvalue weighted by Gasteiger charge is -2.29. The largest absolute Gasteiger partial charge is 0.481 e. The van der Waals surface area contributed by atoms with Gasteiger partial charge in [-0.15, -0.1) is 11.3 Å². The summed E-state index contributed by atoms with van der Waals surface area (Å²) in [5.74, 6) is -1.15. The van der Waals surface area contributed by atoms with Crippen LogP contribution in [0.2, 0.25) is 0 Å². The first-order chi connectivity index (χ1) is 9.06. The second-order valence-electron chi connectivity index (χ2n) is 4.56. The van der Waals surface area contributed by atoms with E-state index in [2.05, 4.69) is 4.98 Å². The van der Waals surface area contributed by atoms with Crippen molar-refractivity contribution in [1.82, 2.24) is 9.88 Å². The van der Waals surface area contributed by atoms with Crippen LogP contribution in [0.15, 0.2) is 11.5 Å². The maximum atomic E-state index is 11.9. The number of aryl methyl sites for hydroxylation is 1. The number of carboxylic acids is 1. The molecule has 1 aromatic rings. The van der Waals surface area contributed by atoms with Crippen molar-refractivity contribution in [3.8, 4) is 0 Å². The van der Waals surface area contributed by atoms with E-state index in [-0.39, 0.29) is 11.8 Å². The summed E-state index contributed by atoms with van der Waals surface area (Å²) in [7, 11) is 0. The minimum Gasteiger partial charge on any atom is -0.481 e. The van der Waals surface area contributed by atoms with Gasteiger partial charge in [-0.05, 0) is 25.8 Å². The summed E-state index contributed by atoms with van der Waals surface area (Å²) >= 11 is 1.54. The molecule has 0 atom stereocenters. The summed E-state index contributed by atoms with van der Waals surface area (Å²) in [5.41, 5.74) is 0.788. The Morgan fingerprint density at radius 3 is 2.68 bits per heavy atom. The van der Waals surface area contributed by atoms with E-state index in [0.717, 1.165) is 10.7 Å². The van der Waals surface area contributed by atoms with Crippen molar-refractivity contribution in [2.45, 2.75) is 19.8 Å². The second kappa shape index (κ2) is 5.97. The molecule has 1 aliphatic heterocycles. The zero-order valence-electron chi connectivity index (χ0n) is 10.7. The highest BCUT2D eigenvalue weighted by molar-refractivity contribution is 7.09. The number of hydrogen-bond acceptors (Lipinski definition) is 4. The fourth-order valence-corrected chi connectivity index (χ4v) is 2.65. The molecule has 2 rings (SSSR count). The van der Waals surface area contributed by atoms with Crippen molar-refractivity contribution in [2.75, 3.05) is 13.1 Å². The molecule has 0 radical (unpaired) electrons. The molecule has 1 amide bonds. The third-order valence-corrected chi connectivity index (χ3v) is 3.98. The minimum absolute atomic E-state index is 0.0745. The Balaban J connectivity index is 1.88. The first-order valence-corrected chi connectivity index (χ1v) is 7.06. The number of piperidine rings is 1. The first kappa shape index (κ1) is 13.7. The SMILES string of the molecule is Cc1nc(/C=C/C(=O)N2CCC(C(=O)O)CC2)cs1. The molecule has 0 saturated carbocycles. The van der Waals surface area contributed by atoms with E-state index >= 15 is 0 Å². The summed E-state index contributed by atoms with van der Waals surface area (Å²) in [6, 6.07) is 0. The molecule has 1 saturated heterocycles. The Labute approximate surface area is 115 Å². The Morgan fingerprint density at radius 2 is 2.16 bits per heavy atom. The van der Waals surface area contributed by atoms with Crippen LogP contribution in [0, 0.1) is 12.8 Å². The van der Waals surface area contributed by atoms with Gasteiger partial charge >= 0.3 is 5.97 Å². The smallest absolute Gasteiger partial charge is 0.306 e. The van der Waals surface area contributed by atoms with E-state index in [9.17, 15) is 9.59 Å². The molecule has 102 valence electrons. The van der Waals surface area contributed by atoms with Gasteiger partial charge < -0.3 is 10.0 Å². The number of aliphatic carboxylic acids is 1. The van der Waals surface area contributed by atoms with Crippen LogP contribution in [0.5, 0.6) is 0 Å². The third-order valence-electron chi connectivity index (χ3n) is 3.19. The molecular weight excluding hydrogens is 264 g/mol. The van der Waals surface area contributed by atoms with Gasteiger partial charge in [-0.1, -0.05) is 0 Å². The maximum absolute atomic E-state index is 11.9. The van der Waals surface area contributed by atoms with Gasteiger partial charge in [-0.25, -0.2) is 4.98 Å². The van der Waals surface area contributed by atoms with E-state index in [1.54, 1.807) is 22.3 Å². The molecule has 19 heavy (non-hydrogen) atoms. The average Bonchev–Trinajstić information content (AvgIpc) is 2.82. The quantitative estimate of drug-likeness (QED) is 0.857. The number of carbonyl (C=O) groups is 2. The molecule has 0 aliphatic carbocycles. The van der Waals surface area contributed by atoms with E-state index in [4.69, 9.17) is 5.11 Å². The number of nitrogens with zero attached hydrogens (tertiary/aromatic N) is 2. The Hall–Kier alpha value is -1.69. The number of hydrogen-bond donors (Lipinski definition) is 1. The minimum atomic E-state index is -0.763. The molecule has 1 N–H and O–H groups in total. The normalized spacial score (nSPS) is 17.0. The van der Waals surface area contributed by atoms with Crippen LogP contribution in [-0.2, 0) is 9.59 Å². The lowest BCUT2D eigenvalue weighted by atomic mass is 9.97. The summed E-state index contributed by atoms with van der Waals surface area (Å²) in [6.07, 6.45) is 4.28. The monoisotopic (exact) mass is 280 g/mol. The van der Waals surface area contributed by atoms with Gasteiger partial charge in [0.05, 0.1) is 16.6 Å². The number of carboxylic acid groups (broad SMARTS) is 1. The van der Waals surface area contributed by atoms with Crippen LogP contribution < -0.4 is 0 Å². The fourth-order valence-electron chi connectivity index (χ4n) is 2.07. The van der Waals surface area contributed by atoms with Crippen LogP contribution in [0.25, 0.3) is 6.08 Å². The van der Waals surface area contributed by atoms with E-state index in [1.807, 2.05) is 12.3 Å². The molecular formula is C13H16N2O3S. The Bertz CT molecular complexity index is 502. The fraction of sp³-hybridized carbons (Fsp3) is 0.462. The lowest BCUT2D eigenvalue weighted by molar-refractivity contribution is -0.144.